The molecule has 9 heteroatoms. The van der Waals surface area contributed by atoms with Crippen LogP contribution < -0.4 is 10.3 Å². The van der Waals surface area contributed by atoms with Gasteiger partial charge in [0, 0.05) is 16.8 Å². The summed E-state index contributed by atoms with van der Waals surface area (Å²) in [6, 6.07) is 13.1. The Bertz CT molecular complexity index is 1240. The van der Waals surface area contributed by atoms with E-state index in [0.717, 1.165) is 11.3 Å². The summed E-state index contributed by atoms with van der Waals surface area (Å²) in [4.78, 5) is 20.5. The van der Waals surface area contributed by atoms with Gasteiger partial charge in [0.2, 0.25) is 0 Å². The summed E-state index contributed by atoms with van der Waals surface area (Å²) in [7, 11) is 0. The minimum atomic E-state index is -0.424. The van der Waals surface area contributed by atoms with Gasteiger partial charge in [-0.3, -0.25) is 9.89 Å². The van der Waals surface area contributed by atoms with Crippen LogP contribution in [0.3, 0.4) is 0 Å². The lowest BCUT2D eigenvalue weighted by Crippen LogP contribution is -2.07. The van der Waals surface area contributed by atoms with Gasteiger partial charge >= 0.3 is 0 Å². The lowest BCUT2D eigenvalue weighted by Gasteiger charge is -2.10. The number of hydrogen-bond acceptors (Lipinski definition) is 5. The summed E-state index contributed by atoms with van der Waals surface area (Å²) in [5.41, 5.74) is 1.29. The average molecular weight is 431 g/mol. The zero-order valence-corrected chi connectivity index (χ0v) is 16.9. The molecule has 0 radical (unpaired) electrons. The summed E-state index contributed by atoms with van der Waals surface area (Å²) < 4.78 is 21.5. The number of aryl methyl sites for hydroxylation is 1. The molecule has 1 N–H and O–H groups in total. The standard InChI is InChI=1S/C20H16ClFN4O2S/c1-12-10-13(21)6-7-16(12)28-8-9-29-20-24-19(14-4-2-3-5-15(14)22)23-17-11-18(27)25-26(17)20/h2-7,10-11H,8-9H2,1H3,(H,25,27). The van der Waals surface area contributed by atoms with Crippen LogP contribution in [0.5, 0.6) is 5.75 Å². The van der Waals surface area contributed by atoms with E-state index in [4.69, 9.17) is 16.3 Å². The summed E-state index contributed by atoms with van der Waals surface area (Å²) in [6.45, 7) is 2.34. The molecule has 0 fully saturated rings. The number of thioether (sulfide) groups is 1. The monoisotopic (exact) mass is 430 g/mol. The Morgan fingerprint density at radius 2 is 2.03 bits per heavy atom. The van der Waals surface area contributed by atoms with E-state index in [1.165, 1.54) is 28.4 Å². The Morgan fingerprint density at radius 3 is 2.83 bits per heavy atom. The third-order valence-electron chi connectivity index (χ3n) is 4.15. The molecule has 0 saturated heterocycles. The van der Waals surface area contributed by atoms with Crippen molar-refractivity contribution >= 4 is 29.0 Å². The Balaban J connectivity index is 1.56. The molecule has 0 aliphatic carbocycles. The van der Waals surface area contributed by atoms with Crippen LogP contribution in [0.2, 0.25) is 5.02 Å². The van der Waals surface area contributed by atoms with Gasteiger partial charge < -0.3 is 4.74 Å². The fraction of sp³-hybridized carbons (Fsp3) is 0.150. The van der Waals surface area contributed by atoms with Gasteiger partial charge in [0.05, 0.1) is 12.2 Å². The predicted molar refractivity (Wildman–Crippen MR) is 111 cm³/mol. The number of rotatable bonds is 6. The Hall–Kier alpha value is -2.84. The van der Waals surface area contributed by atoms with E-state index < -0.39 is 5.82 Å². The highest BCUT2D eigenvalue weighted by Gasteiger charge is 2.14. The first kappa shape index (κ1) is 19.5. The summed E-state index contributed by atoms with van der Waals surface area (Å²) in [5, 5.41) is 3.81. The molecule has 0 aliphatic rings. The maximum absolute atomic E-state index is 14.2. The molecule has 0 unspecified atom stereocenters. The van der Waals surface area contributed by atoms with Crippen molar-refractivity contribution in [3.63, 3.8) is 0 Å². The second kappa shape index (κ2) is 8.26. The Labute approximate surface area is 174 Å². The fourth-order valence-corrected chi connectivity index (χ4v) is 3.80. The number of benzene rings is 2. The molecule has 2 aromatic heterocycles. The lowest BCUT2D eigenvalue weighted by atomic mass is 10.2. The van der Waals surface area contributed by atoms with Crippen LogP contribution in [0, 0.1) is 12.7 Å². The van der Waals surface area contributed by atoms with Crippen molar-refractivity contribution in [3.8, 4) is 17.1 Å². The van der Waals surface area contributed by atoms with Gasteiger partial charge in [0.1, 0.15) is 11.6 Å². The first-order valence-corrected chi connectivity index (χ1v) is 10.1. The number of nitrogens with one attached hydrogen (secondary N) is 1. The van der Waals surface area contributed by atoms with Crippen LogP contribution in [0.15, 0.2) is 58.5 Å². The maximum atomic E-state index is 14.2. The number of aromatic nitrogens is 4. The molecule has 29 heavy (non-hydrogen) atoms. The summed E-state index contributed by atoms with van der Waals surface area (Å²) >= 11 is 7.33. The van der Waals surface area contributed by atoms with Crippen molar-refractivity contribution in [2.24, 2.45) is 0 Å². The van der Waals surface area contributed by atoms with Gasteiger partial charge in [-0.05, 0) is 42.8 Å². The van der Waals surface area contributed by atoms with E-state index in [1.807, 2.05) is 19.1 Å². The number of halogens is 2. The molecule has 2 heterocycles. The topological polar surface area (TPSA) is 72.3 Å². The predicted octanol–water partition coefficient (Wildman–Crippen LogP) is 4.36. The fourth-order valence-electron chi connectivity index (χ4n) is 2.80. The van der Waals surface area contributed by atoms with E-state index in [2.05, 4.69) is 15.1 Å². The van der Waals surface area contributed by atoms with Crippen molar-refractivity contribution in [2.45, 2.75) is 12.1 Å². The van der Waals surface area contributed by atoms with Crippen molar-refractivity contribution in [1.29, 1.82) is 0 Å². The molecule has 0 spiro atoms. The molecule has 0 amide bonds. The molecular formula is C20H16ClFN4O2S. The van der Waals surface area contributed by atoms with Gasteiger partial charge in [-0.1, -0.05) is 35.5 Å². The number of aromatic amines is 1. The van der Waals surface area contributed by atoms with Crippen LogP contribution >= 0.6 is 23.4 Å². The van der Waals surface area contributed by atoms with Gasteiger partial charge in [-0.15, -0.1) is 0 Å². The highest BCUT2D eigenvalue weighted by Crippen LogP contribution is 2.25. The number of H-pyrrole nitrogens is 1. The SMILES string of the molecule is Cc1cc(Cl)ccc1OCCSc1nc(-c2ccccc2F)nc2cc(=O)[nH]n12. The Morgan fingerprint density at radius 1 is 1.21 bits per heavy atom. The number of ether oxygens (including phenoxy) is 1. The molecule has 0 aliphatic heterocycles. The van der Waals surface area contributed by atoms with Crippen molar-refractivity contribution in [2.75, 3.05) is 12.4 Å². The van der Waals surface area contributed by atoms with Gasteiger partial charge in [-0.25, -0.2) is 18.9 Å². The third-order valence-corrected chi connectivity index (χ3v) is 5.29. The Kier molecular flexibility index (Phi) is 5.55. The van der Waals surface area contributed by atoms with Gasteiger partial charge in [0.15, 0.2) is 16.6 Å². The third kappa shape index (κ3) is 4.28. The van der Waals surface area contributed by atoms with Crippen LogP contribution in [-0.4, -0.2) is 31.9 Å². The lowest BCUT2D eigenvalue weighted by molar-refractivity contribution is 0.341. The highest BCUT2D eigenvalue weighted by molar-refractivity contribution is 7.99. The van der Waals surface area contributed by atoms with Crippen LogP contribution in [0.25, 0.3) is 17.0 Å². The largest absolute Gasteiger partial charge is 0.492 e. The van der Waals surface area contributed by atoms with Crippen molar-refractivity contribution < 1.29 is 9.13 Å². The second-order valence-electron chi connectivity index (χ2n) is 6.23. The van der Waals surface area contributed by atoms with Crippen LogP contribution in [0.4, 0.5) is 4.39 Å². The zero-order valence-electron chi connectivity index (χ0n) is 15.4. The summed E-state index contributed by atoms with van der Waals surface area (Å²) in [6.07, 6.45) is 0. The van der Waals surface area contributed by atoms with E-state index in [0.29, 0.717) is 28.2 Å². The van der Waals surface area contributed by atoms with Gasteiger partial charge in [0.25, 0.3) is 5.56 Å². The smallest absolute Gasteiger partial charge is 0.266 e. The molecule has 0 saturated carbocycles. The number of fused-ring (bicyclic) bond motifs is 1. The van der Waals surface area contributed by atoms with E-state index in [9.17, 15) is 9.18 Å². The van der Waals surface area contributed by atoms with Crippen LogP contribution in [-0.2, 0) is 0 Å². The molecule has 0 bridgehead atoms. The van der Waals surface area contributed by atoms with Crippen molar-refractivity contribution in [1.82, 2.24) is 19.6 Å². The van der Waals surface area contributed by atoms with Crippen molar-refractivity contribution in [3.05, 3.63) is 75.3 Å². The molecular weight excluding hydrogens is 415 g/mol. The minimum Gasteiger partial charge on any atom is -0.492 e. The summed E-state index contributed by atoms with van der Waals surface area (Å²) in [5.74, 6) is 1.11. The molecule has 4 rings (SSSR count). The second-order valence-corrected chi connectivity index (χ2v) is 7.73. The molecule has 2 aromatic carbocycles. The molecule has 6 nitrogen and oxygen atoms in total. The first-order chi connectivity index (χ1) is 14.0. The normalized spacial score (nSPS) is 11.1. The quantitative estimate of drug-likeness (QED) is 0.363. The molecule has 0 atom stereocenters. The molecule has 4 aromatic rings. The van der Waals surface area contributed by atoms with E-state index in [1.54, 1.807) is 24.3 Å². The first-order valence-electron chi connectivity index (χ1n) is 8.78. The molecule has 148 valence electrons. The van der Waals surface area contributed by atoms with Crippen LogP contribution in [0.1, 0.15) is 5.56 Å². The zero-order chi connectivity index (χ0) is 20.4. The maximum Gasteiger partial charge on any atom is 0.266 e. The van der Waals surface area contributed by atoms with E-state index in [-0.39, 0.29) is 16.9 Å². The highest BCUT2D eigenvalue weighted by atomic mass is 35.5. The van der Waals surface area contributed by atoms with E-state index >= 15 is 0 Å². The number of nitrogens with zero attached hydrogens (tertiary/aromatic N) is 3. The van der Waals surface area contributed by atoms with Gasteiger partial charge in [-0.2, -0.15) is 0 Å². The number of hydrogen-bond donors (Lipinski definition) is 1. The minimum absolute atomic E-state index is 0.221. The average Bonchev–Trinajstić information content (AvgIpc) is 3.07.